The van der Waals surface area contributed by atoms with Gasteiger partial charge >= 0.3 is 5.69 Å². The summed E-state index contributed by atoms with van der Waals surface area (Å²) in [5, 5.41) is 3.46. The molecule has 19 heavy (non-hydrogen) atoms. The Kier molecular flexibility index (Phi) is 3.50. The lowest BCUT2D eigenvalue weighted by Gasteiger charge is -2.13. The topological polar surface area (TPSA) is 130 Å². The van der Waals surface area contributed by atoms with E-state index in [1.54, 1.807) is 6.92 Å². The Morgan fingerprint density at radius 1 is 1.63 bits per heavy atom. The molecule has 0 saturated carbocycles. The van der Waals surface area contributed by atoms with E-state index in [2.05, 4.69) is 15.0 Å². The fourth-order valence-corrected chi connectivity index (χ4v) is 1.95. The van der Waals surface area contributed by atoms with Crippen molar-refractivity contribution in [2.75, 3.05) is 0 Å². The van der Waals surface area contributed by atoms with Crippen LogP contribution < -0.4 is 11.2 Å². The van der Waals surface area contributed by atoms with E-state index in [1.807, 2.05) is 0 Å². The fourth-order valence-electron chi connectivity index (χ4n) is 1.95. The van der Waals surface area contributed by atoms with Crippen molar-refractivity contribution in [3.05, 3.63) is 43.0 Å². The average molecular weight is 265 g/mol. The minimum absolute atomic E-state index is 0.193. The van der Waals surface area contributed by atoms with Gasteiger partial charge in [-0.25, -0.2) is 4.79 Å². The van der Waals surface area contributed by atoms with E-state index in [-0.39, 0.29) is 6.42 Å². The number of hydrogen-bond acceptors (Lipinski definition) is 5. The first-order chi connectivity index (χ1) is 9.06. The molecule has 9 heteroatoms. The Morgan fingerprint density at radius 3 is 3.00 bits per heavy atom. The monoisotopic (exact) mass is 265 g/mol. The van der Waals surface area contributed by atoms with E-state index in [4.69, 9.17) is 10.3 Å². The number of ether oxygens (including phenoxy) is 1. The molecule has 3 atom stereocenters. The summed E-state index contributed by atoms with van der Waals surface area (Å²) >= 11 is 0. The van der Waals surface area contributed by atoms with Crippen LogP contribution in [0, 0.1) is 6.92 Å². The number of carbonyl (C=O) groups excluding carboxylic acids is 1. The van der Waals surface area contributed by atoms with Gasteiger partial charge in [0.1, 0.15) is 18.6 Å². The highest BCUT2D eigenvalue weighted by atomic mass is 16.5. The van der Waals surface area contributed by atoms with Crippen molar-refractivity contribution in [1.29, 1.82) is 0 Å². The molecule has 0 bridgehead atoms. The molecule has 1 saturated heterocycles. The minimum Gasteiger partial charge on any atom is -0.347 e. The van der Waals surface area contributed by atoms with Gasteiger partial charge in [0.25, 0.3) is 5.56 Å². The minimum atomic E-state index is -0.889. The Morgan fingerprint density at radius 2 is 2.37 bits per heavy atom. The van der Waals surface area contributed by atoms with E-state index in [0.717, 1.165) is 0 Å². The highest BCUT2D eigenvalue weighted by Crippen LogP contribution is 2.28. The van der Waals surface area contributed by atoms with Gasteiger partial charge in [-0.05, 0) is 12.5 Å². The van der Waals surface area contributed by atoms with Gasteiger partial charge in [-0.2, -0.15) is 0 Å². The molecule has 1 aliphatic heterocycles. The summed E-state index contributed by atoms with van der Waals surface area (Å²) in [5.41, 5.74) is 7.64. The van der Waals surface area contributed by atoms with Crippen molar-refractivity contribution in [2.45, 2.75) is 31.7 Å². The Bertz CT molecular complexity index is 657. The van der Waals surface area contributed by atoms with E-state index < -0.39 is 29.6 Å². The van der Waals surface area contributed by atoms with Gasteiger partial charge in [0.2, 0.25) is 0 Å². The van der Waals surface area contributed by atoms with E-state index >= 15 is 0 Å². The molecule has 1 aliphatic rings. The maximum Gasteiger partial charge on any atom is 0.330 e. The van der Waals surface area contributed by atoms with Crippen LogP contribution in [0.4, 0.5) is 0 Å². The third-order valence-corrected chi connectivity index (χ3v) is 2.93. The van der Waals surface area contributed by atoms with Gasteiger partial charge in [0, 0.05) is 23.1 Å². The predicted octanol–water partition coefficient (Wildman–Crippen LogP) is 0.0103. The number of aromatic amines is 1. The summed E-state index contributed by atoms with van der Waals surface area (Å²) in [5.74, 6) is 0. The summed E-state index contributed by atoms with van der Waals surface area (Å²) in [6.45, 7) is 1.55. The molecule has 0 aromatic carbocycles. The molecule has 100 valence electrons. The number of nitrogens with one attached hydrogen (secondary N) is 1. The molecule has 1 aromatic rings. The Hall–Kier alpha value is -2.38. The Labute approximate surface area is 106 Å². The number of rotatable bonds is 3. The quantitative estimate of drug-likeness (QED) is 0.357. The van der Waals surface area contributed by atoms with Crippen LogP contribution in [0.2, 0.25) is 0 Å². The number of hydrogen-bond donors (Lipinski definition) is 1. The zero-order valence-electron chi connectivity index (χ0n) is 10.0. The van der Waals surface area contributed by atoms with Crippen molar-refractivity contribution in [1.82, 2.24) is 9.55 Å². The van der Waals surface area contributed by atoms with Gasteiger partial charge in [0.15, 0.2) is 0 Å². The molecule has 0 radical (unpaired) electrons. The van der Waals surface area contributed by atoms with Gasteiger partial charge in [0.05, 0.1) is 6.04 Å². The average Bonchev–Trinajstić information content (AvgIpc) is 2.77. The summed E-state index contributed by atoms with van der Waals surface area (Å²) in [6, 6.07) is -0.661. The van der Waals surface area contributed by atoms with Crippen molar-refractivity contribution in [2.24, 2.45) is 5.11 Å². The number of H-pyrrole nitrogens is 1. The standard InChI is InChI=1S/C10H11N5O4/c1-5-3-15(10(18)12-9(5)17)8-2-6(13-14-11)7(4-16)19-8/h3-4,6-8H,2H2,1H3,(H,12,17,18). The molecule has 0 aliphatic carbocycles. The molecular formula is C10H11N5O4. The van der Waals surface area contributed by atoms with E-state index in [0.29, 0.717) is 11.8 Å². The largest absolute Gasteiger partial charge is 0.347 e. The van der Waals surface area contributed by atoms with Crippen LogP contribution in [0.1, 0.15) is 18.2 Å². The highest BCUT2D eigenvalue weighted by molar-refractivity contribution is 5.58. The molecule has 2 heterocycles. The van der Waals surface area contributed by atoms with Gasteiger partial charge in [-0.1, -0.05) is 5.11 Å². The lowest BCUT2D eigenvalue weighted by molar-refractivity contribution is -0.119. The molecule has 3 unspecified atom stereocenters. The zero-order valence-corrected chi connectivity index (χ0v) is 10.0. The summed E-state index contributed by atoms with van der Waals surface area (Å²) in [7, 11) is 0. The van der Waals surface area contributed by atoms with Crippen molar-refractivity contribution in [3.8, 4) is 0 Å². The second-order valence-corrected chi connectivity index (χ2v) is 4.18. The first-order valence-corrected chi connectivity index (χ1v) is 5.54. The number of aldehydes is 1. The van der Waals surface area contributed by atoms with Gasteiger partial charge < -0.3 is 9.53 Å². The molecule has 0 spiro atoms. The number of aryl methyl sites for hydroxylation is 1. The molecule has 1 N–H and O–H groups in total. The van der Waals surface area contributed by atoms with Crippen LogP contribution in [0.3, 0.4) is 0 Å². The number of azide groups is 1. The third kappa shape index (κ3) is 2.42. The van der Waals surface area contributed by atoms with Crippen LogP contribution in [-0.2, 0) is 9.53 Å². The van der Waals surface area contributed by atoms with Crippen molar-refractivity contribution < 1.29 is 9.53 Å². The lowest BCUT2D eigenvalue weighted by atomic mass is 10.1. The molecule has 9 nitrogen and oxygen atoms in total. The number of nitrogens with zero attached hydrogens (tertiary/aromatic N) is 4. The second-order valence-electron chi connectivity index (χ2n) is 4.18. The summed E-state index contributed by atoms with van der Waals surface area (Å²) in [4.78, 5) is 38.5. The van der Waals surface area contributed by atoms with Gasteiger partial charge in [-0.3, -0.25) is 14.3 Å². The molecule has 0 amide bonds. The zero-order chi connectivity index (χ0) is 14.0. The summed E-state index contributed by atoms with van der Waals surface area (Å²) < 4.78 is 6.53. The molecule has 1 fully saturated rings. The van der Waals surface area contributed by atoms with Crippen LogP contribution >= 0.6 is 0 Å². The third-order valence-electron chi connectivity index (χ3n) is 2.93. The van der Waals surface area contributed by atoms with Gasteiger partial charge in [-0.15, -0.1) is 0 Å². The first-order valence-electron chi connectivity index (χ1n) is 5.54. The van der Waals surface area contributed by atoms with Crippen LogP contribution in [0.5, 0.6) is 0 Å². The highest BCUT2D eigenvalue weighted by Gasteiger charge is 2.36. The predicted molar refractivity (Wildman–Crippen MR) is 63.6 cm³/mol. The first kappa shape index (κ1) is 13.1. The Balaban J connectivity index is 2.37. The molecule has 1 aromatic heterocycles. The normalized spacial score (nSPS) is 25.8. The number of aromatic nitrogens is 2. The van der Waals surface area contributed by atoms with Crippen LogP contribution in [0.15, 0.2) is 20.9 Å². The maximum absolute atomic E-state index is 11.7. The smallest absolute Gasteiger partial charge is 0.330 e. The molecule has 2 rings (SSSR count). The van der Waals surface area contributed by atoms with E-state index in [1.165, 1.54) is 10.8 Å². The van der Waals surface area contributed by atoms with E-state index in [9.17, 15) is 14.4 Å². The summed E-state index contributed by atoms with van der Waals surface area (Å²) in [6.07, 6.45) is 0.447. The second kappa shape index (κ2) is 5.09. The molecular weight excluding hydrogens is 254 g/mol. The van der Waals surface area contributed by atoms with Crippen molar-refractivity contribution in [3.63, 3.8) is 0 Å². The number of carbonyl (C=O) groups is 1. The maximum atomic E-state index is 11.7. The fraction of sp³-hybridized carbons (Fsp3) is 0.500. The lowest BCUT2D eigenvalue weighted by Crippen LogP contribution is -2.33. The SMILES string of the molecule is Cc1cn(C2CC(N=[N+]=[N-])C(C=O)O2)c(=O)[nH]c1=O. The van der Waals surface area contributed by atoms with Crippen molar-refractivity contribution >= 4 is 6.29 Å². The van der Waals surface area contributed by atoms with Crippen LogP contribution in [0.25, 0.3) is 10.4 Å². The van der Waals surface area contributed by atoms with Crippen LogP contribution in [-0.4, -0.2) is 28.0 Å².